The number of nitrogens with zero attached hydrogens (tertiary/aromatic N) is 1. The van der Waals surface area contributed by atoms with Gasteiger partial charge in [0.1, 0.15) is 5.82 Å². The number of aromatic nitrogens is 1. The van der Waals surface area contributed by atoms with Crippen LogP contribution < -0.4 is 19.5 Å². The molecule has 0 saturated carbocycles. The summed E-state index contributed by atoms with van der Waals surface area (Å²) in [7, 11) is 0. The van der Waals surface area contributed by atoms with Gasteiger partial charge in [-0.05, 0) is 67.4 Å². The van der Waals surface area contributed by atoms with Crippen LogP contribution in [0.4, 0.5) is 5.82 Å². The van der Waals surface area contributed by atoms with E-state index in [0.29, 0.717) is 48.5 Å². The van der Waals surface area contributed by atoms with Crippen molar-refractivity contribution in [1.29, 1.82) is 0 Å². The lowest BCUT2D eigenvalue weighted by Gasteiger charge is -2.17. The number of hydrogen-bond acceptors (Lipinski definition) is 5. The Bertz CT molecular complexity index is 753. The van der Waals surface area contributed by atoms with Crippen LogP contribution in [0, 0.1) is 6.92 Å². The van der Waals surface area contributed by atoms with E-state index in [1.807, 2.05) is 27.7 Å². The van der Waals surface area contributed by atoms with E-state index in [2.05, 4.69) is 26.2 Å². The van der Waals surface area contributed by atoms with Gasteiger partial charge in [0.2, 0.25) is 5.75 Å². The monoisotopic (exact) mass is 422 g/mol. The summed E-state index contributed by atoms with van der Waals surface area (Å²) in [5, 5.41) is 2.79. The molecule has 0 atom stereocenters. The fraction of sp³-hybridized carbons (Fsp3) is 0.368. The molecule has 1 aromatic carbocycles. The normalized spacial score (nSPS) is 10.3. The van der Waals surface area contributed by atoms with E-state index in [9.17, 15) is 4.79 Å². The largest absolute Gasteiger partial charge is 0.490 e. The Morgan fingerprint density at radius 3 is 2.12 bits per heavy atom. The van der Waals surface area contributed by atoms with Gasteiger partial charge < -0.3 is 19.5 Å². The predicted octanol–water partition coefficient (Wildman–Crippen LogP) is 4.60. The maximum absolute atomic E-state index is 12.7. The Kier molecular flexibility index (Phi) is 7.26. The quantitative estimate of drug-likeness (QED) is 0.672. The van der Waals surface area contributed by atoms with E-state index in [-0.39, 0.29) is 5.91 Å². The van der Waals surface area contributed by atoms with Gasteiger partial charge in [-0.2, -0.15) is 0 Å². The first-order valence-electron chi connectivity index (χ1n) is 8.50. The maximum atomic E-state index is 12.7. The van der Waals surface area contributed by atoms with E-state index < -0.39 is 0 Å². The number of pyridine rings is 1. The molecule has 1 heterocycles. The van der Waals surface area contributed by atoms with Crippen LogP contribution in [0.3, 0.4) is 0 Å². The van der Waals surface area contributed by atoms with Crippen molar-refractivity contribution < 1.29 is 19.0 Å². The van der Waals surface area contributed by atoms with E-state index >= 15 is 0 Å². The third-order valence-corrected chi connectivity index (χ3v) is 4.29. The van der Waals surface area contributed by atoms with Crippen LogP contribution in [0.5, 0.6) is 17.2 Å². The zero-order valence-corrected chi connectivity index (χ0v) is 17.0. The Balaban J connectivity index is 2.36. The van der Waals surface area contributed by atoms with E-state index in [1.54, 1.807) is 24.4 Å². The van der Waals surface area contributed by atoms with Gasteiger partial charge in [-0.25, -0.2) is 4.98 Å². The molecule has 140 valence electrons. The van der Waals surface area contributed by atoms with E-state index in [0.717, 1.165) is 10.0 Å². The van der Waals surface area contributed by atoms with Crippen LogP contribution in [0.15, 0.2) is 28.9 Å². The van der Waals surface area contributed by atoms with Crippen LogP contribution in [0.2, 0.25) is 0 Å². The minimum Gasteiger partial charge on any atom is -0.490 e. The Hall–Kier alpha value is -2.28. The molecule has 6 nitrogen and oxygen atoms in total. The molecule has 1 N–H and O–H groups in total. The first-order chi connectivity index (χ1) is 12.5. The minimum absolute atomic E-state index is 0.302. The van der Waals surface area contributed by atoms with Crippen LogP contribution in [0.1, 0.15) is 36.7 Å². The van der Waals surface area contributed by atoms with Crippen molar-refractivity contribution in [2.75, 3.05) is 25.1 Å². The van der Waals surface area contributed by atoms with Gasteiger partial charge in [-0.1, -0.05) is 0 Å². The number of aryl methyl sites for hydroxylation is 1. The molecule has 7 heteroatoms. The second-order valence-electron chi connectivity index (χ2n) is 5.37. The third-order valence-electron chi connectivity index (χ3n) is 3.46. The lowest BCUT2D eigenvalue weighted by molar-refractivity contribution is 0.102. The van der Waals surface area contributed by atoms with Crippen molar-refractivity contribution in [1.82, 2.24) is 4.98 Å². The zero-order chi connectivity index (χ0) is 19.1. The molecule has 0 spiro atoms. The summed E-state index contributed by atoms with van der Waals surface area (Å²) in [6, 6.07) is 5.10. The van der Waals surface area contributed by atoms with Gasteiger partial charge in [0.05, 0.1) is 19.8 Å². The van der Waals surface area contributed by atoms with Gasteiger partial charge in [0, 0.05) is 16.2 Å². The molecule has 26 heavy (non-hydrogen) atoms. The number of nitrogens with one attached hydrogen (secondary N) is 1. The molecule has 0 bridgehead atoms. The molecule has 0 unspecified atom stereocenters. The summed E-state index contributed by atoms with van der Waals surface area (Å²) >= 11 is 3.39. The summed E-state index contributed by atoms with van der Waals surface area (Å²) in [6.45, 7) is 8.92. The van der Waals surface area contributed by atoms with Gasteiger partial charge in [-0.15, -0.1) is 0 Å². The molecular weight excluding hydrogens is 400 g/mol. The molecule has 0 aliphatic rings. The smallest absolute Gasteiger partial charge is 0.257 e. The highest BCUT2D eigenvalue weighted by molar-refractivity contribution is 9.10. The molecule has 1 aromatic heterocycles. The lowest BCUT2D eigenvalue weighted by atomic mass is 10.1. The first kappa shape index (κ1) is 20.0. The second-order valence-corrected chi connectivity index (χ2v) is 6.23. The van der Waals surface area contributed by atoms with Crippen LogP contribution in [-0.2, 0) is 0 Å². The van der Waals surface area contributed by atoms with Crippen LogP contribution in [0.25, 0.3) is 0 Å². The topological polar surface area (TPSA) is 69.7 Å². The molecule has 0 aliphatic carbocycles. The summed E-state index contributed by atoms with van der Waals surface area (Å²) < 4.78 is 17.8. The molecule has 0 saturated heterocycles. The summed E-state index contributed by atoms with van der Waals surface area (Å²) in [5.41, 5.74) is 1.38. The average Bonchev–Trinajstić information content (AvgIpc) is 2.61. The number of benzene rings is 1. The Labute approximate surface area is 162 Å². The van der Waals surface area contributed by atoms with Crippen LogP contribution in [-0.4, -0.2) is 30.7 Å². The van der Waals surface area contributed by atoms with E-state index in [1.165, 1.54) is 0 Å². The molecule has 2 aromatic rings. The number of carbonyl (C=O) groups is 1. The Morgan fingerprint density at radius 2 is 1.62 bits per heavy atom. The van der Waals surface area contributed by atoms with Crippen molar-refractivity contribution in [3.8, 4) is 17.2 Å². The van der Waals surface area contributed by atoms with Gasteiger partial charge in [-0.3, -0.25) is 4.79 Å². The number of anilines is 1. The minimum atomic E-state index is -0.302. The fourth-order valence-corrected chi connectivity index (χ4v) is 2.53. The zero-order valence-electron chi connectivity index (χ0n) is 15.4. The van der Waals surface area contributed by atoms with Crippen molar-refractivity contribution >= 4 is 27.7 Å². The molecule has 1 amide bonds. The number of carbonyl (C=O) groups excluding carboxylic acids is 1. The van der Waals surface area contributed by atoms with E-state index in [4.69, 9.17) is 14.2 Å². The number of hydrogen-bond donors (Lipinski definition) is 1. The fourth-order valence-electron chi connectivity index (χ4n) is 2.32. The Morgan fingerprint density at radius 1 is 1.04 bits per heavy atom. The van der Waals surface area contributed by atoms with Crippen molar-refractivity contribution in [2.24, 2.45) is 0 Å². The van der Waals surface area contributed by atoms with Crippen molar-refractivity contribution in [2.45, 2.75) is 27.7 Å². The maximum Gasteiger partial charge on any atom is 0.257 e. The molecule has 2 rings (SSSR count). The highest BCUT2D eigenvalue weighted by atomic mass is 79.9. The number of halogens is 1. The lowest BCUT2D eigenvalue weighted by Crippen LogP contribution is -2.14. The molecule has 0 aliphatic heterocycles. The average molecular weight is 423 g/mol. The second kappa shape index (κ2) is 9.43. The third kappa shape index (κ3) is 4.88. The summed E-state index contributed by atoms with van der Waals surface area (Å²) in [5.74, 6) is 1.63. The standard InChI is InChI=1S/C19H23BrN2O4/c1-5-24-15-9-13(10-16(25-6-2)18(15)26-7-3)19(23)22-17-8-12(4)14(20)11-21-17/h8-11H,5-7H2,1-4H3,(H,21,22,23). The van der Waals surface area contributed by atoms with Crippen molar-refractivity contribution in [3.05, 3.63) is 40.0 Å². The van der Waals surface area contributed by atoms with Gasteiger partial charge in [0.25, 0.3) is 5.91 Å². The van der Waals surface area contributed by atoms with Gasteiger partial charge >= 0.3 is 0 Å². The number of amides is 1. The SMILES string of the molecule is CCOc1cc(C(=O)Nc2cc(C)c(Br)cn2)cc(OCC)c1OCC. The van der Waals surface area contributed by atoms with Gasteiger partial charge in [0.15, 0.2) is 11.5 Å². The number of ether oxygens (including phenoxy) is 3. The summed E-state index contributed by atoms with van der Waals surface area (Å²) in [6.07, 6.45) is 1.65. The summed E-state index contributed by atoms with van der Waals surface area (Å²) in [4.78, 5) is 16.9. The highest BCUT2D eigenvalue weighted by Gasteiger charge is 2.18. The molecular formula is C19H23BrN2O4. The number of rotatable bonds is 8. The van der Waals surface area contributed by atoms with Crippen molar-refractivity contribution in [3.63, 3.8) is 0 Å². The molecule has 0 radical (unpaired) electrons. The predicted molar refractivity (Wildman–Crippen MR) is 105 cm³/mol. The highest BCUT2D eigenvalue weighted by Crippen LogP contribution is 2.39. The van der Waals surface area contributed by atoms with Crippen LogP contribution >= 0.6 is 15.9 Å². The molecule has 0 fully saturated rings. The first-order valence-corrected chi connectivity index (χ1v) is 9.29.